The Bertz CT molecular complexity index is 2180. The highest BCUT2D eigenvalue weighted by atomic mass is 31.2. The first kappa shape index (κ1) is 91.6. The normalized spacial score (nSPS) is 13.9. The number of unbranched alkanes of at least 4 members (excludes halogenated alkanes) is 31. The molecule has 0 radical (unpaired) electrons. The van der Waals surface area contributed by atoms with Crippen molar-refractivity contribution in [3.05, 3.63) is 158 Å². The van der Waals surface area contributed by atoms with Gasteiger partial charge in [0.15, 0.2) is 6.10 Å². The number of quaternary nitrogens is 1. The Morgan fingerprint density at radius 1 is 0.323 bits per heavy atom. The molecule has 0 aromatic carbocycles. The van der Waals surface area contributed by atoms with Crippen LogP contribution in [0.2, 0.25) is 0 Å². The molecule has 0 saturated carbocycles. The van der Waals surface area contributed by atoms with Crippen LogP contribution < -0.4 is 4.89 Å². The molecule has 0 saturated heterocycles. The Labute approximate surface area is 592 Å². The SMILES string of the molecule is CC/C=C\C/C=C\C/C=C\C/C=C\C/C=C\C/C=C\C/C=C\C/C=C\CCCCCCCCC(=O)OC(COC(=O)CCCCCCCCCCCCCCCCCCCCCCCCCCC/C=C\C/C=C\C/C=C\C/C=C\C/C=C\CC)COP(=O)([O-])OCC[N+](C)(C)C. The Kier molecular flexibility index (Phi) is 71.4. The van der Waals surface area contributed by atoms with Crippen molar-refractivity contribution < 1.29 is 42.1 Å². The Morgan fingerprint density at radius 3 is 0.833 bits per heavy atom. The number of esters is 2. The van der Waals surface area contributed by atoms with Crippen LogP contribution in [0.25, 0.3) is 0 Å². The van der Waals surface area contributed by atoms with Crippen molar-refractivity contribution in [2.75, 3.05) is 47.5 Å². The number of allylic oxidation sites excluding steroid dienone is 26. The molecule has 0 N–H and O–H groups in total. The van der Waals surface area contributed by atoms with E-state index in [0.29, 0.717) is 17.4 Å². The summed E-state index contributed by atoms with van der Waals surface area (Å²) >= 11 is 0. The molecule has 0 fully saturated rings. The number of rotatable bonds is 71. The topological polar surface area (TPSA) is 111 Å². The van der Waals surface area contributed by atoms with Gasteiger partial charge in [-0.05, 0) is 122 Å². The van der Waals surface area contributed by atoms with Gasteiger partial charge in [-0.1, -0.05) is 345 Å². The van der Waals surface area contributed by atoms with E-state index in [-0.39, 0.29) is 32.0 Å². The third-order valence-electron chi connectivity index (χ3n) is 16.5. The fraction of sp³-hybridized carbons (Fsp3) is 0.674. The lowest BCUT2D eigenvalue weighted by Crippen LogP contribution is -2.37. The number of likely N-dealkylation sites (N-methyl/N-ethyl adjacent to an activating group) is 1. The molecule has 0 spiro atoms. The predicted octanol–water partition coefficient (Wildman–Crippen LogP) is 25.6. The van der Waals surface area contributed by atoms with Gasteiger partial charge in [0.1, 0.15) is 19.8 Å². The third kappa shape index (κ3) is 78.6. The van der Waals surface area contributed by atoms with Gasteiger partial charge >= 0.3 is 11.9 Å². The van der Waals surface area contributed by atoms with E-state index in [2.05, 4.69) is 172 Å². The van der Waals surface area contributed by atoms with Gasteiger partial charge in [-0.15, -0.1) is 0 Å². The lowest BCUT2D eigenvalue weighted by molar-refractivity contribution is -0.870. The largest absolute Gasteiger partial charge is 0.756 e. The molecule has 2 unspecified atom stereocenters. The summed E-state index contributed by atoms with van der Waals surface area (Å²) in [7, 11) is 1.15. The van der Waals surface area contributed by atoms with Gasteiger partial charge in [-0.25, -0.2) is 0 Å². The minimum atomic E-state index is -4.66. The fourth-order valence-corrected chi connectivity index (χ4v) is 11.4. The number of hydrogen-bond donors (Lipinski definition) is 0. The number of nitrogens with zero attached hydrogens (tertiary/aromatic N) is 1. The summed E-state index contributed by atoms with van der Waals surface area (Å²) in [5.41, 5.74) is 0. The van der Waals surface area contributed by atoms with E-state index in [4.69, 9.17) is 18.5 Å². The summed E-state index contributed by atoms with van der Waals surface area (Å²) in [6.07, 6.45) is 112. The van der Waals surface area contributed by atoms with Gasteiger partial charge in [0.05, 0.1) is 27.7 Å². The molecule has 0 aromatic heterocycles. The number of hydrogen-bond acceptors (Lipinski definition) is 8. The van der Waals surface area contributed by atoms with Crippen molar-refractivity contribution in [3.63, 3.8) is 0 Å². The maximum absolute atomic E-state index is 12.9. The zero-order chi connectivity index (χ0) is 69.7. The molecule has 0 amide bonds. The summed E-state index contributed by atoms with van der Waals surface area (Å²) in [5, 5.41) is 0. The average Bonchev–Trinajstić information content (AvgIpc) is 1.97. The van der Waals surface area contributed by atoms with E-state index < -0.39 is 26.5 Å². The van der Waals surface area contributed by atoms with Crippen molar-refractivity contribution in [2.24, 2.45) is 0 Å². The zero-order valence-corrected chi connectivity index (χ0v) is 63.4. The van der Waals surface area contributed by atoms with Crippen LogP contribution in [0.3, 0.4) is 0 Å². The van der Waals surface area contributed by atoms with Crippen molar-refractivity contribution in [1.29, 1.82) is 0 Å². The zero-order valence-electron chi connectivity index (χ0n) is 62.5. The van der Waals surface area contributed by atoms with Crippen molar-refractivity contribution in [2.45, 2.75) is 328 Å². The van der Waals surface area contributed by atoms with E-state index in [1.54, 1.807) is 0 Å². The van der Waals surface area contributed by atoms with Gasteiger partial charge in [0.25, 0.3) is 7.82 Å². The first-order chi connectivity index (χ1) is 47.0. The Morgan fingerprint density at radius 2 is 0.562 bits per heavy atom. The fourth-order valence-electron chi connectivity index (χ4n) is 10.6. The molecule has 10 heteroatoms. The lowest BCUT2D eigenvalue weighted by Gasteiger charge is -2.28. The molecule has 2 atom stereocenters. The molecule has 0 aliphatic heterocycles. The van der Waals surface area contributed by atoms with Gasteiger partial charge in [0, 0.05) is 12.8 Å². The molecular formula is C86H146NO8P. The van der Waals surface area contributed by atoms with Crippen LogP contribution in [0, 0.1) is 0 Å². The van der Waals surface area contributed by atoms with Crippen LogP contribution in [-0.4, -0.2) is 70.0 Å². The summed E-state index contributed by atoms with van der Waals surface area (Å²) in [6.45, 7) is 4.01. The van der Waals surface area contributed by atoms with Crippen LogP contribution in [-0.2, 0) is 32.7 Å². The van der Waals surface area contributed by atoms with Crippen LogP contribution in [0.15, 0.2) is 158 Å². The van der Waals surface area contributed by atoms with Crippen LogP contribution >= 0.6 is 7.82 Å². The smallest absolute Gasteiger partial charge is 0.306 e. The van der Waals surface area contributed by atoms with Gasteiger partial charge in [-0.2, -0.15) is 0 Å². The number of ether oxygens (including phenoxy) is 2. The molecule has 548 valence electrons. The number of phosphoric acid groups is 1. The van der Waals surface area contributed by atoms with Crippen molar-refractivity contribution >= 4 is 19.8 Å². The molecule has 0 aliphatic carbocycles. The highest BCUT2D eigenvalue weighted by molar-refractivity contribution is 7.45. The number of carbonyl (C=O) groups is 2. The highest BCUT2D eigenvalue weighted by Crippen LogP contribution is 2.38. The Hall–Kier alpha value is -4.37. The molecule has 0 bridgehead atoms. The summed E-state index contributed by atoms with van der Waals surface area (Å²) < 4.78 is 34.4. The quantitative estimate of drug-likeness (QED) is 0.0195. The highest BCUT2D eigenvalue weighted by Gasteiger charge is 2.22. The van der Waals surface area contributed by atoms with E-state index in [0.717, 1.165) is 141 Å². The van der Waals surface area contributed by atoms with E-state index in [1.165, 1.54) is 148 Å². The number of phosphoric ester groups is 1. The Balaban J connectivity index is 4.00. The van der Waals surface area contributed by atoms with Crippen LogP contribution in [0.4, 0.5) is 0 Å². The van der Waals surface area contributed by atoms with Gasteiger partial charge < -0.3 is 27.9 Å². The molecule has 0 aliphatic rings. The maximum Gasteiger partial charge on any atom is 0.306 e. The van der Waals surface area contributed by atoms with Gasteiger partial charge in [-0.3, -0.25) is 14.2 Å². The van der Waals surface area contributed by atoms with E-state index in [9.17, 15) is 19.0 Å². The van der Waals surface area contributed by atoms with E-state index in [1.807, 2.05) is 21.1 Å². The second-order valence-electron chi connectivity index (χ2n) is 27.0. The second kappa shape index (κ2) is 74.8. The van der Waals surface area contributed by atoms with Crippen molar-refractivity contribution in [1.82, 2.24) is 0 Å². The summed E-state index contributed by atoms with van der Waals surface area (Å²) in [4.78, 5) is 38.2. The average molecular weight is 1350 g/mol. The monoisotopic (exact) mass is 1350 g/mol. The third-order valence-corrected chi connectivity index (χ3v) is 17.5. The minimum Gasteiger partial charge on any atom is -0.756 e. The molecule has 96 heavy (non-hydrogen) atoms. The summed E-state index contributed by atoms with van der Waals surface area (Å²) in [6, 6.07) is 0. The van der Waals surface area contributed by atoms with Gasteiger partial charge in [0.2, 0.25) is 0 Å². The first-order valence-corrected chi connectivity index (χ1v) is 40.7. The molecule has 0 heterocycles. The number of carbonyl (C=O) groups excluding carboxylic acids is 2. The molecule has 0 rings (SSSR count). The molecule has 9 nitrogen and oxygen atoms in total. The standard InChI is InChI=1S/C86H146NO8P/c1-6-8-10-12-14-16-18-20-22-24-26-28-30-32-34-36-38-39-40-41-42-43-44-45-46-47-49-50-52-54-56-58-60-62-64-66-68-70-72-74-76-78-85(88)92-82-84(83-94-96(90,91)93-81-80-87(3,4)5)95-86(89)79-77-75-73-71-69-67-65-63-61-59-57-55-53-51-48-37-35-33-31-29-27-25-23-21-19-17-15-13-11-9-7-2/h8-11,14-17,20-23,26-29,32-35,48,51,55,57,61,63,84H,6-7,12-13,18-19,24-25,30-31,36-47,49-50,52-54,56,58-60,62,64-83H2,1-5H3/b10-8-,11-9-,16-14-,17-15-,22-20-,23-21-,28-26-,29-27-,34-32-,35-33-,51-48-,57-55-,63-61-. The van der Waals surface area contributed by atoms with Crippen LogP contribution in [0.1, 0.15) is 322 Å². The molecule has 0 aromatic rings. The maximum atomic E-state index is 12.9. The summed E-state index contributed by atoms with van der Waals surface area (Å²) in [5.74, 6) is -0.848. The minimum absolute atomic E-state index is 0.0398. The lowest BCUT2D eigenvalue weighted by atomic mass is 10.0. The van der Waals surface area contributed by atoms with Crippen LogP contribution in [0.5, 0.6) is 0 Å². The predicted molar refractivity (Wildman–Crippen MR) is 415 cm³/mol. The van der Waals surface area contributed by atoms with Crippen molar-refractivity contribution in [3.8, 4) is 0 Å². The first-order valence-electron chi connectivity index (χ1n) is 39.2. The molecular weight excluding hydrogens is 1210 g/mol. The van der Waals surface area contributed by atoms with E-state index >= 15 is 0 Å². The second-order valence-corrected chi connectivity index (χ2v) is 28.4.